The highest BCUT2D eigenvalue weighted by Gasteiger charge is 1.93. The smallest absolute Gasteiger partial charge is 0.0774 e. The van der Waals surface area contributed by atoms with E-state index in [9.17, 15) is 0 Å². The molecule has 0 fully saturated rings. The van der Waals surface area contributed by atoms with Gasteiger partial charge in [-0.05, 0) is 23.4 Å². The third kappa shape index (κ3) is 1.53. The minimum atomic E-state index is 0.185. The summed E-state index contributed by atoms with van der Waals surface area (Å²) < 4.78 is 0. The van der Waals surface area contributed by atoms with E-state index >= 15 is 0 Å². The van der Waals surface area contributed by atoms with Crippen molar-refractivity contribution in [1.82, 2.24) is 0 Å². The predicted octanol–water partition coefficient (Wildman–Crippen LogP) is 1.80. The number of rotatable bonds is 2. The molecule has 9 heavy (non-hydrogen) atoms. The number of hydrogen-bond donors (Lipinski definition) is 1. The zero-order valence-corrected chi connectivity index (χ0v) is 6.24. The molecular weight excluding hydrogens is 132 g/mol. The third-order valence-corrected chi connectivity index (χ3v) is 2.24. The molecule has 0 aromatic carbocycles. The zero-order chi connectivity index (χ0) is 6.69. The van der Waals surface area contributed by atoms with E-state index in [0.29, 0.717) is 0 Å². The molecule has 1 rings (SSSR count). The lowest BCUT2D eigenvalue weighted by atomic mass is 10.2. The highest BCUT2D eigenvalue weighted by atomic mass is 32.1. The van der Waals surface area contributed by atoms with Gasteiger partial charge < -0.3 is 5.11 Å². The lowest BCUT2D eigenvalue weighted by Gasteiger charge is -1.83. The van der Waals surface area contributed by atoms with Crippen LogP contribution < -0.4 is 0 Å². The molecule has 0 amide bonds. The molecule has 1 nitrogen and oxygen atoms in total. The third-order valence-electron chi connectivity index (χ3n) is 1.27. The second-order valence-electron chi connectivity index (χ2n) is 1.93. The highest BCUT2D eigenvalue weighted by molar-refractivity contribution is 7.10. The van der Waals surface area contributed by atoms with Gasteiger partial charge in [-0.2, -0.15) is 0 Å². The van der Waals surface area contributed by atoms with E-state index in [1.807, 2.05) is 6.07 Å². The van der Waals surface area contributed by atoms with Crippen molar-refractivity contribution in [2.75, 3.05) is 0 Å². The Bertz CT molecular complexity index is 162. The average molecular weight is 142 g/mol. The molecule has 0 aliphatic heterocycles. The molecule has 0 bridgehead atoms. The Labute approximate surface area is 59.0 Å². The fourth-order valence-corrected chi connectivity index (χ4v) is 1.53. The van der Waals surface area contributed by atoms with Crippen LogP contribution in [-0.4, -0.2) is 5.11 Å². The van der Waals surface area contributed by atoms with Crippen LogP contribution in [0.4, 0.5) is 0 Å². The maximum atomic E-state index is 8.66. The van der Waals surface area contributed by atoms with Crippen molar-refractivity contribution in [3.63, 3.8) is 0 Å². The van der Waals surface area contributed by atoms with Crippen LogP contribution in [0, 0.1) is 0 Å². The largest absolute Gasteiger partial charge is 0.391 e. The Kier molecular flexibility index (Phi) is 2.25. The van der Waals surface area contributed by atoms with Crippen molar-refractivity contribution in [1.29, 1.82) is 0 Å². The van der Waals surface area contributed by atoms with Crippen molar-refractivity contribution in [3.8, 4) is 0 Å². The van der Waals surface area contributed by atoms with Gasteiger partial charge in [0.1, 0.15) is 0 Å². The fraction of sp³-hybridized carbons (Fsp3) is 0.429. The molecule has 0 aliphatic rings. The summed E-state index contributed by atoms with van der Waals surface area (Å²) in [6.45, 7) is 2.30. The quantitative estimate of drug-likeness (QED) is 0.667. The van der Waals surface area contributed by atoms with Gasteiger partial charge in [-0.25, -0.2) is 0 Å². The molecule has 0 saturated heterocycles. The Balaban J connectivity index is 2.74. The van der Waals surface area contributed by atoms with Gasteiger partial charge in [0, 0.05) is 4.88 Å². The van der Waals surface area contributed by atoms with Crippen LogP contribution in [0.3, 0.4) is 0 Å². The summed E-state index contributed by atoms with van der Waals surface area (Å²) in [5.41, 5.74) is 1.32. The number of aliphatic hydroxyl groups excluding tert-OH is 1. The topological polar surface area (TPSA) is 20.2 Å². The predicted molar refractivity (Wildman–Crippen MR) is 39.6 cm³/mol. The molecular formula is C7H10OS. The number of aryl methyl sites for hydroxylation is 1. The molecule has 1 heterocycles. The van der Waals surface area contributed by atoms with Gasteiger partial charge in [-0.3, -0.25) is 0 Å². The first-order valence-electron chi connectivity index (χ1n) is 3.04. The van der Waals surface area contributed by atoms with Crippen molar-refractivity contribution in [2.24, 2.45) is 0 Å². The summed E-state index contributed by atoms with van der Waals surface area (Å²) in [5, 5.41) is 10.7. The van der Waals surface area contributed by atoms with Crippen LogP contribution >= 0.6 is 11.3 Å². The standard InChI is InChI=1S/C7H10OS/c1-2-6-3-7(4-8)9-5-6/h3,5,8H,2,4H2,1H3. The molecule has 0 radical (unpaired) electrons. The summed E-state index contributed by atoms with van der Waals surface area (Å²) in [6, 6.07) is 2.05. The molecule has 0 unspecified atom stereocenters. The maximum Gasteiger partial charge on any atom is 0.0774 e. The van der Waals surface area contributed by atoms with Gasteiger partial charge in [-0.15, -0.1) is 11.3 Å². The van der Waals surface area contributed by atoms with E-state index in [1.165, 1.54) is 5.56 Å². The Morgan fingerprint density at radius 1 is 1.67 bits per heavy atom. The summed E-state index contributed by atoms with van der Waals surface area (Å²) in [6.07, 6.45) is 1.07. The van der Waals surface area contributed by atoms with Crippen molar-refractivity contribution in [3.05, 3.63) is 21.9 Å². The molecule has 50 valence electrons. The van der Waals surface area contributed by atoms with E-state index in [1.54, 1.807) is 11.3 Å². The first-order valence-corrected chi connectivity index (χ1v) is 3.92. The van der Waals surface area contributed by atoms with Crippen LogP contribution in [0.15, 0.2) is 11.4 Å². The lowest BCUT2D eigenvalue weighted by molar-refractivity contribution is 0.285. The minimum Gasteiger partial charge on any atom is -0.391 e. The van der Waals surface area contributed by atoms with E-state index in [0.717, 1.165) is 11.3 Å². The Morgan fingerprint density at radius 2 is 2.44 bits per heavy atom. The molecule has 1 N–H and O–H groups in total. The monoisotopic (exact) mass is 142 g/mol. The van der Waals surface area contributed by atoms with E-state index in [-0.39, 0.29) is 6.61 Å². The first-order chi connectivity index (χ1) is 4.36. The summed E-state index contributed by atoms with van der Waals surface area (Å²) in [4.78, 5) is 1.06. The molecule has 0 saturated carbocycles. The van der Waals surface area contributed by atoms with E-state index in [4.69, 9.17) is 5.11 Å². The Morgan fingerprint density at radius 3 is 2.78 bits per heavy atom. The number of thiophene rings is 1. The summed E-state index contributed by atoms with van der Waals surface area (Å²) in [5.74, 6) is 0. The van der Waals surface area contributed by atoms with E-state index < -0.39 is 0 Å². The van der Waals surface area contributed by atoms with E-state index in [2.05, 4.69) is 12.3 Å². The molecule has 0 spiro atoms. The van der Waals surface area contributed by atoms with Crippen LogP contribution in [-0.2, 0) is 13.0 Å². The summed E-state index contributed by atoms with van der Waals surface area (Å²) in [7, 11) is 0. The van der Waals surface area contributed by atoms with Gasteiger partial charge in [0.15, 0.2) is 0 Å². The first kappa shape index (κ1) is 6.78. The van der Waals surface area contributed by atoms with Crippen LogP contribution in [0.1, 0.15) is 17.4 Å². The maximum absolute atomic E-state index is 8.66. The second-order valence-corrected chi connectivity index (χ2v) is 2.93. The van der Waals surface area contributed by atoms with Crippen LogP contribution in [0.5, 0.6) is 0 Å². The molecule has 0 atom stereocenters. The van der Waals surface area contributed by atoms with Gasteiger partial charge in [-0.1, -0.05) is 6.92 Å². The van der Waals surface area contributed by atoms with Crippen molar-refractivity contribution < 1.29 is 5.11 Å². The summed E-state index contributed by atoms with van der Waals surface area (Å²) >= 11 is 1.62. The average Bonchev–Trinajstić information content (AvgIpc) is 2.34. The van der Waals surface area contributed by atoms with Crippen LogP contribution in [0.2, 0.25) is 0 Å². The SMILES string of the molecule is CCc1csc(CO)c1. The minimum absolute atomic E-state index is 0.185. The highest BCUT2D eigenvalue weighted by Crippen LogP contribution is 2.14. The number of aliphatic hydroxyl groups is 1. The lowest BCUT2D eigenvalue weighted by Crippen LogP contribution is -1.74. The Hall–Kier alpha value is -0.340. The molecule has 2 heteroatoms. The van der Waals surface area contributed by atoms with Gasteiger partial charge in [0.05, 0.1) is 6.61 Å². The normalized spacial score (nSPS) is 10.0. The van der Waals surface area contributed by atoms with Gasteiger partial charge in [0.2, 0.25) is 0 Å². The fourth-order valence-electron chi connectivity index (χ4n) is 0.695. The van der Waals surface area contributed by atoms with Gasteiger partial charge >= 0.3 is 0 Å². The molecule has 0 aliphatic carbocycles. The van der Waals surface area contributed by atoms with Crippen LogP contribution in [0.25, 0.3) is 0 Å². The van der Waals surface area contributed by atoms with Crippen molar-refractivity contribution >= 4 is 11.3 Å². The molecule has 1 aromatic rings. The second kappa shape index (κ2) is 2.99. The zero-order valence-electron chi connectivity index (χ0n) is 5.42. The van der Waals surface area contributed by atoms with Gasteiger partial charge in [0.25, 0.3) is 0 Å². The molecule has 1 aromatic heterocycles. The number of hydrogen-bond acceptors (Lipinski definition) is 2. The van der Waals surface area contributed by atoms with Crippen molar-refractivity contribution in [2.45, 2.75) is 20.0 Å².